The van der Waals surface area contributed by atoms with Crippen molar-refractivity contribution in [1.29, 1.82) is 0 Å². The van der Waals surface area contributed by atoms with Crippen molar-refractivity contribution < 1.29 is 9.59 Å². The van der Waals surface area contributed by atoms with Crippen molar-refractivity contribution in [1.82, 2.24) is 25.5 Å². The molecule has 1 unspecified atom stereocenters. The van der Waals surface area contributed by atoms with Gasteiger partial charge in [0.1, 0.15) is 5.82 Å². The average Bonchev–Trinajstić information content (AvgIpc) is 3.14. The first-order valence-corrected chi connectivity index (χ1v) is 9.00. The predicted molar refractivity (Wildman–Crippen MR) is 94.2 cm³/mol. The number of hydrogen-bond donors (Lipinski definition) is 2. The van der Waals surface area contributed by atoms with Crippen molar-refractivity contribution in [3.63, 3.8) is 0 Å². The minimum absolute atomic E-state index is 0.207. The summed E-state index contributed by atoms with van der Waals surface area (Å²) in [5.74, 6) is 0.610. The zero-order chi connectivity index (χ0) is 17.6. The van der Waals surface area contributed by atoms with Crippen LogP contribution in [0.2, 0.25) is 0 Å². The Morgan fingerprint density at radius 3 is 2.52 bits per heavy atom. The van der Waals surface area contributed by atoms with Crippen LogP contribution in [0, 0.1) is 0 Å². The summed E-state index contributed by atoms with van der Waals surface area (Å²) in [6.07, 6.45) is 9.38. The average molecular weight is 346 g/mol. The van der Waals surface area contributed by atoms with E-state index in [1.165, 1.54) is 0 Å². The van der Waals surface area contributed by atoms with Gasteiger partial charge < -0.3 is 10.2 Å². The quantitative estimate of drug-likeness (QED) is 0.836. The molecule has 136 valence electrons. The first kappa shape index (κ1) is 17.6. The summed E-state index contributed by atoms with van der Waals surface area (Å²) < 4.78 is 0. The zero-order valence-corrected chi connectivity index (χ0v) is 14.6. The number of amides is 3. The molecule has 25 heavy (non-hydrogen) atoms. The smallest absolute Gasteiger partial charge is 0.321 e. The summed E-state index contributed by atoms with van der Waals surface area (Å²) in [5.41, 5.74) is 0. The number of nitrogens with zero attached hydrogens (tertiary/aromatic N) is 4. The molecule has 2 fully saturated rings. The van der Waals surface area contributed by atoms with Gasteiger partial charge in [0.25, 0.3) is 0 Å². The molecule has 2 heterocycles. The minimum atomic E-state index is -0.373. The number of rotatable bonds is 4. The van der Waals surface area contributed by atoms with Crippen LogP contribution in [-0.2, 0) is 4.79 Å². The molecule has 3 amide bonds. The van der Waals surface area contributed by atoms with Gasteiger partial charge in [-0.15, -0.1) is 0 Å². The highest BCUT2D eigenvalue weighted by Gasteiger charge is 2.27. The third-order valence-corrected chi connectivity index (χ3v) is 5.04. The SMILES string of the molecule is CC(C(=O)NC(=O)NC1CCCC1)N1CCN(c2cnccn2)CC1. The van der Waals surface area contributed by atoms with E-state index < -0.39 is 0 Å². The minimum Gasteiger partial charge on any atom is -0.353 e. The molecule has 1 aromatic heterocycles. The predicted octanol–water partition coefficient (Wildman–Crippen LogP) is 0.756. The summed E-state index contributed by atoms with van der Waals surface area (Å²) in [5, 5.41) is 5.36. The first-order chi connectivity index (χ1) is 12.1. The van der Waals surface area contributed by atoms with Gasteiger partial charge in [-0.1, -0.05) is 12.8 Å². The number of carbonyl (C=O) groups is 2. The molecule has 1 aliphatic heterocycles. The van der Waals surface area contributed by atoms with E-state index in [1.807, 2.05) is 6.92 Å². The summed E-state index contributed by atoms with van der Waals surface area (Å²) >= 11 is 0. The summed E-state index contributed by atoms with van der Waals surface area (Å²) in [4.78, 5) is 36.9. The van der Waals surface area contributed by atoms with Gasteiger partial charge in [-0.3, -0.25) is 20.0 Å². The molecule has 0 aromatic carbocycles. The van der Waals surface area contributed by atoms with Crippen LogP contribution in [0.4, 0.5) is 10.6 Å². The Bertz CT molecular complexity index is 582. The molecule has 1 atom stereocenters. The third kappa shape index (κ3) is 4.66. The maximum Gasteiger partial charge on any atom is 0.321 e. The molecule has 0 bridgehead atoms. The van der Waals surface area contributed by atoms with E-state index in [2.05, 4.69) is 30.4 Å². The number of hydrogen-bond acceptors (Lipinski definition) is 6. The van der Waals surface area contributed by atoms with Gasteiger partial charge in [0.15, 0.2) is 0 Å². The van der Waals surface area contributed by atoms with Gasteiger partial charge in [0, 0.05) is 44.6 Å². The van der Waals surface area contributed by atoms with E-state index in [9.17, 15) is 9.59 Å². The fourth-order valence-electron chi connectivity index (χ4n) is 3.47. The second-order valence-electron chi connectivity index (χ2n) is 6.71. The van der Waals surface area contributed by atoms with Crippen molar-refractivity contribution in [3.05, 3.63) is 18.6 Å². The summed E-state index contributed by atoms with van der Waals surface area (Å²) in [6, 6.07) is -0.501. The standard InChI is InChI=1S/C17H26N6O2/c1-13(16(24)21-17(25)20-14-4-2-3-5-14)22-8-10-23(11-9-22)15-12-18-6-7-19-15/h6-7,12-14H,2-5,8-11H2,1H3,(H2,20,21,24,25). The number of anilines is 1. The largest absolute Gasteiger partial charge is 0.353 e. The van der Waals surface area contributed by atoms with Crippen LogP contribution in [0.5, 0.6) is 0 Å². The Kier molecular flexibility index (Phi) is 5.80. The highest BCUT2D eigenvalue weighted by atomic mass is 16.2. The molecule has 8 nitrogen and oxygen atoms in total. The van der Waals surface area contributed by atoms with Crippen LogP contribution in [-0.4, -0.2) is 65.1 Å². The number of carbonyl (C=O) groups excluding carboxylic acids is 2. The maximum absolute atomic E-state index is 12.3. The van der Waals surface area contributed by atoms with E-state index in [-0.39, 0.29) is 24.0 Å². The van der Waals surface area contributed by atoms with Crippen LogP contribution < -0.4 is 15.5 Å². The van der Waals surface area contributed by atoms with Gasteiger partial charge in [-0.05, 0) is 19.8 Å². The van der Waals surface area contributed by atoms with Crippen LogP contribution >= 0.6 is 0 Å². The highest BCUT2D eigenvalue weighted by Crippen LogP contribution is 2.17. The molecule has 1 saturated carbocycles. The normalized spacial score (nSPS) is 20.3. The molecule has 2 N–H and O–H groups in total. The van der Waals surface area contributed by atoms with Gasteiger partial charge in [0.05, 0.1) is 12.2 Å². The molecular formula is C17H26N6O2. The van der Waals surface area contributed by atoms with Crippen LogP contribution in [0.15, 0.2) is 18.6 Å². The Morgan fingerprint density at radius 1 is 1.16 bits per heavy atom. The lowest BCUT2D eigenvalue weighted by molar-refractivity contribution is -0.124. The zero-order valence-electron chi connectivity index (χ0n) is 14.6. The molecule has 3 rings (SSSR count). The Morgan fingerprint density at radius 2 is 1.88 bits per heavy atom. The molecule has 1 saturated heterocycles. The monoisotopic (exact) mass is 346 g/mol. The van der Waals surface area contributed by atoms with Crippen molar-refractivity contribution >= 4 is 17.8 Å². The molecule has 2 aliphatic rings. The molecule has 1 aromatic rings. The molecule has 1 aliphatic carbocycles. The van der Waals surface area contributed by atoms with Crippen LogP contribution in [0.3, 0.4) is 0 Å². The lowest BCUT2D eigenvalue weighted by Gasteiger charge is -2.37. The summed E-state index contributed by atoms with van der Waals surface area (Å²) in [6.45, 7) is 4.90. The molecular weight excluding hydrogens is 320 g/mol. The van der Waals surface area contributed by atoms with Crippen molar-refractivity contribution in [3.8, 4) is 0 Å². The van der Waals surface area contributed by atoms with Gasteiger partial charge in [0.2, 0.25) is 5.91 Å². The highest BCUT2D eigenvalue weighted by molar-refractivity contribution is 5.96. The van der Waals surface area contributed by atoms with Crippen LogP contribution in [0.25, 0.3) is 0 Å². The van der Waals surface area contributed by atoms with E-state index in [1.54, 1.807) is 18.6 Å². The maximum atomic E-state index is 12.3. The van der Waals surface area contributed by atoms with Crippen LogP contribution in [0.1, 0.15) is 32.6 Å². The van der Waals surface area contributed by atoms with Gasteiger partial charge in [-0.25, -0.2) is 9.78 Å². The second kappa shape index (κ2) is 8.24. The Labute approximate surface area is 148 Å². The third-order valence-electron chi connectivity index (χ3n) is 5.04. The second-order valence-corrected chi connectivity index (χ2v) is 6.71. The number of urea groups is 1. The number of nitrogens with one attached hydrogen (secondary N) is 2. The first-order valence-electron chi connectivity index (χ1n) is 9.00. The molecule has 0 spiro atoms. The van der Waals surface area contributed by atoms with Crippen molar-refractivity contribution in [2.45, 2.75) is 44.7 Å². The fourth-order valence-corrected chi connectivity index (χ4v) is 3.47. The topological polar surface area (TPSA) is 90.5 Å². The van der Waals surface area contributed by atoms with Crippen molar-refractivity contribution in [2.24, 2.45) is 0 Å². The number of piperazine rings is 1. The van der Waals surface area contributed by atoms with Gasteiger partial charge >= 0.3 is 6.03 Å². The number of aromatic nitrogens is 2. The van der Waals surface area contributed by atoms with E-state index >= 15 is 0 Å². The Balaban J connectivity index is 1.44. The van der Waals surface area contributed by atoms with Gasteiger partial charge in [-0.2, -0.15) is 0 Å². The molecule has 0 radical (unpaired) electrons. The lowest BCUT2D eigenvalue weighted by Crippen LogP contribution is -2.56. The Hall–Kier alpha value is -2.22. The molecule has 8 heteroatoms. The summed E-state index contributed by atoms with van der Waals surface area (Å²) in [7, 11) is 0. The fraction of sp³-hybridized carbons (Fsp3) is 0.647. The van der Waals surface area contributed by atoms with E-state index in [0.717, 1.165) is 57.7 Å². The van der Waals surface area contributed by atoms with E-state index in [4.69, 9.17) is 0 Å². The van der Waals surface area contributed by atoms with Crippen molar-refractivity contribution in [2.75, 3.05) is 31.1 Å². The number of imide groups is 1. The van der Waals surface area contributed by atoms with E-state index in [0.29, 0.717) is 0 Å². The lowest BCUT2D eigenvalue weighted by atomic mass is 10.2.